The molecule has 0 saturated carbocycles. The van der Waals surface area contributed by atoms with Crippen molar-refractivity contribution >= 4 is 11.8 Å². The van der Waals surface area contributed by atoms with Crippen molar-refractivity contribution in [3.05, 3.63) is 47.5 Å². The molecule has 2 aromatic carbocycles. The molecule has 0 atom stereocenters. The topological polar surface area (TPSA) is 86.3 Å². The van der Waals surface area contributed by atoms with Gasteiger partial charge in [-0.2, -0.15) is 0 Å². The van der Waals surface area contributed by atoms with Gasteiger partial charge in [0.2, 0.25) is 11.7 Å². The molecule has 0 spiro atoms. The Morgan fingerprint density at radius 1 is 0.972 bits per heavy atom. The van der Waals surface area contributed by atoms with Gasteiger partial charge in [-0.05, 0) is 55.0 Å². The molecule has 1 fully saturated rings. The van der Waals surface area contributed by atoms with E-state index in [1.165, 1.54) is 21.3 Å². The van der Waals surface area contributed by atoms with Crippen LogP contribution in [0.4, 0.5) is 0 Å². The van der Waals surface area contributed by atoms with E-state index in [-0.39, 0.29) is 17.7 Å². The molecule has 0 aliphatic carbocycles. The van der Waals surface area contributed by atoms with E-state index >= 15 is 0 Å². The Balaban J connectivity index is 1.45. The lowest BCUT2D eigenvalue weighted by Crippen LogP contribution is -2.39. The second kappa shape index (κ2) is 13.6. The van der Waals surface area contributed by atoms with Gasteiger partial charge in [-0.3, -0.25) is 9.59 Å². The molecule has 2 amide bonds. The summed E-state index contributed by atoms with van der Waals surface area (Å²) in [5, 5.41) is 3.01. The Bertz CT molecular complexity index is 975. The number of likely N-dealkylation sites (tertiary alicyclic amines) is 1. The molecular formula is C28H38N2O6. The second-order valence-corrected chi connectivity index (χ2v) is 8.98. The van der Waals surface area contributed by atoms with Crippen LogP contribution in [0.5, 0.6) is 23.0 Å². The van der Waals surface area contributed by atoms with Crippen LogP contribution in [0.25, 0.3) is 0 Å². The zero-order chi connectivity index (χ0) is 25.9. The minimum absolute atomic E-state index is 0.0349. The van der Waals surface area contributed by atoms with Crippen LogP contribution < -0.4 is 24.3 Å². The van der Waals surface area contributed by atoms with E-state index in [0.29, 0.717) is 48.9 Å². The summed E-state index contributed by atoms with van der Waals surface area (Å²) in [6.07, 6.45) is 4.17. The molecule has 0 unspecified atom stereocenters. The van der Waals surface area contributed by atoms with Crippen LogP contribution in [0.15, 0.2) is 36.4 Å². The third-order valence-electron chi connectivity index (χ3n) is 6.47. The number of methoxy groups -OCH3 is 3. The van der Waals surface area contributed by atoms with E-state index in [2.05, 4.69) is 12.2 Å². The maximum Gasteiger partial charge on any atom is 0.254 e. The fraction of sp³-hybridized carbons (Fsp3) is 0.500. The van der Waals surface area contributed by atoms with Crippen molar-refractivity contribution in [2.75, 3.05) is 41.0 Å². The highest BCUT2D eigenvalue weighted by molar-refractivity contribution is 5.95. The molecule has 1 aliphatic heterocycles. The summed E-state index contributed by atoms with van der Waals surface area (Å²) < 4.78 is 21.8. The molecule has 0 aromatic heterocycles. The summed E-state index contributed by atoms with van der Waals surface area (Å²) >= 11 is 0. The third kappa shape index (κ3) is 7.29. The Morgan fingerprint density at radius 2 is 1.61 bits per heavy atom. The van der Waals surface area contributed by atoms with Gasteiger partial charge in [0, 0.05) is 31.6 Å². The highest BCUT2D eigenvalue weighted by Crippen LogP contribution is 2.38. The number of amides is 2. The quantitative estimate of drug-likeness (QED) is 0.435. The number of ether oxygens (including phenoxy) is 4. The van der Waals surface area contributed by atoms with E-state index in [9.17, 15) is 9.59 Å². The van der Waals surface area contributed by atoms with E-state index < -0.39 is 0 Å². The van der Waals surface area contributed by atoms with Gasteiger partial charge in [0.15, 0.2) is 11.5 Å². The number of carbonyl (C=O) groups is 2. The van der Waals surface area contributed by atoms with Crippen molar-refractivity contribution in [3.8, 4) is 23.0 Å². The summed E-state index contributed by atoms with van der Waals surface area (Å²) in [7, 11) is 4.59. The monoisotopic (exact) mass is 498 g/mol. The minimum atomic E-state index is -0.0840. The lowest BCUT2D eigenvalue weighted by Gasteiger charge is -2.32. The molecule has 3 rings (SSSR count). The van der Waals surface area contributed by atoms with Gasteiger partial charge in [0.05, 0.1) is 27.9 Å². The molecule has 196 valence electrons. The molecule has 1 N–H and O–H groups in total. The van der Waals surface area contributed by atoms with Crippen LogP contribution in [0.3, 0.4) is 0 Å². The second-order valence-electron chi connectivity index (χ2n) is 8.98. The van der Waals surface area contributed by atoms with Gasteiger partial charge in [0.25, 0.3) is 5.91 Å². The lowest BCUT2D eigenvalue weighted by atomic mass is 9.92. The van der Waals surface area contributed by atoms with Crippen molar-refractivity contribution in [1.29, 1.82) is 0 Å². The Morgan fingerprint density at radius 3 is 2.17 bits per heavy atom. The Labute approximate surface area is 213 Å². The summed E-state index contributed by atoms with van der Waals surface area (Å²) in [6, 6.07) is 11.2. The van der Waals surface area contributed by atoms with Gasteiger partial charge in [-0.25, -0.2) is 0 Å². The van der Waals surface area contributed by atoms with Crippen molar-refractivity contribution in [1.82, 2.24) is 10.2 Å². The highest BCUT2D eigenvalue weighted by atomic mass is 16.5. The molecule has 0 bridgehead atoms. The fourth-order valence-corrected chi connectivity index (χ4v) is 4.30. The van der Waals surface area contributed by atoms with E-state index in [1.807, 2.05) is 29.2 Å². The van der Waals surface area contributed by atoms with Crippen LogP contribution >= 0.6 is 0 Å². The summed E-state index contributed by atoms with van der Waals surface area (Å²) in [6.45, 7) is 4.56. The third-order valence-corrected chi connectivity index (χ3v) is 6.47. The van der Waals surface area contributed by atoms with Gasteiger partial charge >= 0.3 is 0 Å². The average Bonchev–Trinajstić information content (AvgIpc) is 2.91. The number of hydrogen-bond donors (Lipinski definition) is 1. The molecule has 0 radical (unpaired) electrons. The number of hydrogen-bond acceptors (Lipinski definition) is 6. The number of nitrogens with one attached hydrogen (secondary N) is 1. The largest absolute Gasteiger partial charge is 0.494 e. The van der Waals surface area contributed by atoms with Gasteiger partial charge in [0.1, 0.15) is 5.75 Å². The zero-order valence-corrected chi connectivity index (χ0v) is 21.8. The lowest BCUT2D eigenvalue weighted by molar-refractivity contribution is -0.122. The summed E-state index contributed by atoms with van der Waals surface area (Å²) in [5.74, 6) is 2.41. The number of carbonyl (C=O) groups excluding carboxylic acids is 2. The summed E-state index contributed by atoms with van der Waals surface area (Å²) in [4.78, 5) is 27.4. The Hall–Kier alpha value is -3.42. The van der Waals surface area contributed by atoms with Crippen molar-refractivity contribution in [2.45, 2.75) is 45.6 Å². The van der Waals surface area contributed by atoms with Crippen LogP contribution in [-0.2, 0) is 11.3 Å². The first-order chi connectivity index (χ1) is 17.5. The zero-order valence-electron chi connectivity index (χ0n) is 21.8. The van der Waals surface area contributed by atoms with Crippen molar-refractivity contribution < 1.29 is 28.5 Å². The molecular weight excluding hydrogens is 460 g/mol. The summed E-state index contributed by atoms with van der Waals surface area (Å²) in [5.41, 5.74) is 1.53. The molecule has 1 aliphatic rings. The van der Waals surface area contributed by atoms with Gasteiger partial charge in [-0.1, -0.05) is 25.5 Å². The van der Waals surface area contributed by atoms with Crippen LogP contribution in [0.2, 0.25) is 0 Å². The molecule has 1 saturated heterocycles. The molecule has 36 heavy (non-hydrogen) atoms. The number of rotatable bonds is 12. The number of nitrogens with zero attached hydrogens (tertiary/aromatic N) is 1. The first-order valence-corrected chi connectivity index (χ1v) is 12.6. The Kier molecular flexibility index (Phi) is 10.3. The molecule has 8 nitrogen and oxygen atoms in total. The average molecular weight is 499 g/mol. The normalized spacial score (nSPS) is 13.7. The van der Waals surface area contributed by atoms with Crippen LogP contribution in [-0.4, -0.2) is 57.7 Å². The molecule has 1 heterocycles. The van der Waals surface area contributed by atoms with Crippen molar-refractivity contribution in [3.63, 3.8) is 0 Å². The number of benzene rings is 2. The van der Waals surface area contributed by atoms with E-state index in [4.69, 9.17) is 18.9 Å². The standard InChI is InChI=1S/C28H38N2O6/c1-5-6-15-36-23-9-7-21(8-10-23)19-29-26(31)16-20-11-13-30(14-12-20)28(32)22-17-24(33-2)27(35-4)25(18-22)34-3/h7-10,17-18,20H,5-6,11-16,19H2,1-4H3,(H,29,31). The first-order valence-electron chi connectivity index (χ1n) is 12.6. The highest BCUT2D eigenvalue weighted by Gasteiger charge is 2.26. The number of unbranched alkanes of at least 4 members (excludes halogenated alkanes) is 1. The maximum atomic E-state index is 13.1. The van der Waals surface area contributed by atoms with Crippen molar-refractivity contribution in [2.24, 2.45) is 5.92 Å². The first kappa shape index (κ1) is 27.2. The molecule has 8 heteroatoms. The SMILES string of the molecule is CCCCOc1ccc(CNC(=O)CC2CCN(C(=O)c3cc(OC)c(OC)c(OC)c3)CC2)cc1. The maximum absolute atomic E-state index is 13.1. The minimum Gasteiger partial charge on any atom is -0.494 e. The predicted octanol–water partition coefficient (Wildman–Crippen LogP) is 4.45. The molecule has 2 aromatic rings. The van der Waals surface area contributed by atoms with E-state index in [1.54, 1.807) is 12.1 Å². The predicted molar refractivity (Wildman–Crippen MR) is 138 cm³/mol. The van der Waals surface area contributed by atoms with Crippen LogP contribution in [0, 0.1) is 5.92 Å². The van der Waals surface area contributed by atoms with E-state index in [0.717, 1.165) is 43.6 Å². The van der Waals surface area contributed by atoms with Crippen LogP contribution in [0.1, 0.15) is 54.9 Å². The smallest absolute Gasteiger partial charge is 0.254 e. The fourth-order valence-electron chi connectivity index (χ4n) is 4.30. The number of piperidine rings is 1. The van der Waals surface area contributed by atoms with Gasteiger partial charge < -0.3 is 29.2 Å². The van der Waals surface area contributed by atoms with Gasteiger partial charge in [-0.15, -0.1) is 0 Å².